The molecule has 1 aromatic carbocycles. The SMILES string of the molecule is CCCCCCCCC(CCCCCC)C(=O)c1cc(O)ccc1O. The van der Waals surface area contributed by atoms with E-state index in [9.17, 15) is 15.0 Å². The Morgan fingerprint density at radius 3 is 1.96 bits per heavy atom. The van der Waals surface area contributed by atoms with E-state index in [2.05, 4.69) is 13.8 Å². The van der Waals surface area contributed by atoms with Gasteiger partial charge in [0.2, 0.25) is 0 Å². The van der Waals surface area contributed by atoms with Gasteiger partial charge in [-0.15, -0.1) is 0 Å². The van der Waals surface area contributed by atoms with Crippen molar-refractivity contribution in [2.24, 2.45) is 5.92 Å². The van der Waals surface area contributed by atoms with Crippen molar-refractivity contribution in [3.63, 3.8) is 0 Å². The van der Waals surface area contributed by atoms with Crippen LogP contribution in [0.4, 0.5) is 0 Å². The van der Waals surface area contributed by atoms with Crippen molar-refractivity contribution in [2.45, 2.75) is 90.9 Å². The van der Waals surface area contributed by atoms with Crippen molar-refractivity contribution in [2.75, 3.05) is 0 Å². The summed E-state index contributed by atoms with van der Waals surface area (Å²) in [6.07, 6.45) is 13.6. The minimum atomic E-state index is -0.0456. The molecule has 0 heterocycles. The molecule has 1 aromatic rings. The summed E-state index contributed by atoms with van der Waals surface area (Å²) in [5.41, 5.74) is 0.270. The van der Waals surface area contributed by atoms with E-state index >= 15 is 0 Å². The van der Waals surface area contributed by atoms with Gasteiger partial charge in [-0.25, -0.2) is 0 Å². The number of carbonyl (C=O) groups excluding carboxylic acids is 1. The largest absolute Gasteiger partial charge is 0.508 e. The molecule has 142 valence electrons. The van der Waals surface area contributed by atoms with Crippen molar-refractivity contribution in [1.29, 1.82) is 0 Å². The summed E-state index contributed by atoms with van der Waals surface area (Å²) < 4.78 is 0. The first-order chi connectivity index (χ1) is 12.1. The van der Waals surface area contributed by atoms with E-state index in [4.69, 9.17) is 0 Å². The Labute approximate surface area is 153 Å². The summed E-state index contributed by atoms with van der Waals surface area (Å²) in [5, 5.41) is 19.6. The van der Waals surface area contributed by atoms with Crippen molar-refractivity contribution in [3.05, 3.63) is 23.8 Å². The fraction of sp³-hybridized carbons (Fsp3) is 0.682. The highest BCUT2D eigenvalue weighted by molar-refractivity contribution is 6.00. The molecule has 0 spiro atoms. The van der Waals surface area contributed by atoms with Crippen LogP contribution in [0.5, 0.6) is 11.5 Å². The molecule has 0 fully saturated rings. The number of hydrogen-bond donors (Lipinski definition) is 2. The lowest BCUT2D eigenvalue weighted by atomic mass is 9.87. The normalized spacial score (nSPS) is 12.2. The molecule has 0 aliphatic carbocycles. The lowest BCUT2D eigenvalue weighted by molar-refractivity contribution is 0.0898. The fourth-order valence-corrected chi connectivity index (χ4v) is 3.34. The van der Waals surface area contributed by atoms with Crippen molar-refractivity contribution < 1.29 is 15.0 Å². The van der Waals surface area contributed by atoms with Crippen LogP contribution in [0.3, 0.4) is 0 Å². The van der Waals surface area contributed by atoms with Crippen LogP contribution in [-0.4, -0.2) is 16.0 Å². The molecule has 0 amide bonds. The number of unbranched alkanes of at least 4 members (excludes halogenated alkanes) is 8. The number of phenolic OH excluding ortho intramolecular Hbond substituents is 2. The molecule has 1 rings (SSSR count). The maximum absolute atomic E-state index is 12.9. The zero-order valence-electron chi connectivity index (χ0n) is 16.1. The standard InChI is InChI=1S/C22H36O3/c1-3-5-7-9-10-12-14-18(13-11-8-6-4-2)22(25)20-17-19(23)15-16-21(20)24/h15-18,23-24H,3-14H2,1-2H3. The molecule has 0 saturated carbocycles. The first-order valence-corrected chi connectivity index (χ1v) is 10.2. The molecule has 2 N–H and O–H groups in total. The summed E-state index contributed by atoms with van der Waals surface area (Å²) in [6, 6.07) is 4.22. The van der Waals surface area contributed by atoms with E-state index in [0.29, 0.717) is 0 Å². The summed E-state index contributed by atoms with van der Waals surface area (Å²) in [6.45, 7) is 4.40. The topological polar surface area (TPSA) is 57.5 Å². The molecule has 0 radical (unpaired) electrons. The average Bonchev–Trinajstić information content (AvgIpc) is 2.61. The van der Waals surface area contributed by atoms with E-state index < -0.39 is 0 Å². The van der Waals surface area contributed by atoms with Gasteiger partial charge in [0.05, 0.1) is 5.56 Å². The van der Waals surface area contributed by atoms with Crippen LogP contribution in [0.1, 0.15) is 101 Å². The summed E-state index contributed by atoms with van der Waals surface area (Å²) >= 11 is 0. The Morgan fingerprint density at radius 2 is 1.36 bits per heavy atom. The number of aromatic hydroxyl groups is 2. The average molecular weight is 349 g/mol. The van der Waals surface area contributed by atoms with Crippen LogP contribution in [-0.2, 0) is 0 Å². The predicted molar refractivity (Wildman–Crippen MR) is 104 cm³/mol. The molecule has 0 aromatic heterocycles. The smallest absolute Gasteiger partial charge is 0.169 e. The summed E-state index contributed by atoms with van der Waals surface area (Å²) in [4.78, 5) is 12.9. The van der Waals surface area contributed by atoms with Crippen LogP contribution in [0.25, 0.3) is 0 Å². The van der Waals surface area contributed by atoms with Gasteiger partial charge in [-0.05, 0) is 31.0 Å². The van der Waals surface area contributed by atoms with Gasteiger partial charge in [0.25, 0.3) is 0 Å². The highest BCUT2D eigenvalue weighted by Crippen LogP contribution is 2.29. The van der Waals surface area contributed by atoms with Gasteiger partial charge < -0.3 is 10.2 Å². The van der Waals surface area contributed by atoms with Gasteiger partial charge in [0, 0.05) is 5.92 Å². The Morgan fingerprint density at radius 1 is 0.840 bits per heavy atom. The fourth-order valence-electron chi connectivity index (χ4n) is 3.34. The Bertz CT molecular complexity index is 496. The Balaban J connectivity index is 2.62. The molecule has 3 heteroatoms. The molecule has 1 atom stereocenters. The minimum Gasteiger partial charge on any atom is -0.508 e. The van der Waals surface area contributed by atoms with Crippen LogP contribution < -0.4 is 0 Å². The lowest BCUT2D eigenvalue weighted by Gasteiger charge is -2.17. The van der Waals surface area contributed by atoms with Gasteiger partial charge in [-0.2, -0.15) is 0 Å². The molecule has 0 aliphatic heterocycles. The first-order valence-electron chi connectivity index (χ1n) is 10.2. The Hall–Kier alpha value is -1.51. The van der Waals surface area contributed by atoms with Crippen LogP contribution in [0.2, 0.25) is 0 Å². The number of phenols is 2. The molecule has 3 nitrogen and oxygen atoms in total. The second kappa shape index (κ2) is 12.8. The maximum atomic E-state index is 12.9. The van der Waals surface area contributed by atoms with Gasteiger partial charge in [-0.3, -0.25) is 4.79 Å². The highest BCUT2D eigenvalue weighted by Gasteiger charge is 2.22. The molecular weight excluding hydrogens is 312 g/mol. The highest BCUT2D eigenvalue weighted by atomic mass is 16.3. The van der Waals surface area contributed by atoms with Gasteiger partial charge in [0.15, 0.2) is 5.78 Å². The van der Waals surface area contributed by atoms with Crippen LogP contribution in [0, 0.1) is 5.92 Å². The molecule has 0 aliphatic rings. The van der Waals surface area contributed by atoms with Gasteiger partial charge >= 0.3 is 0 Å². The van der Waals surface area contributed by atoms with E-state index in [0.717, 1.165) is 32.1 Å². The van der Waals surface area contributed by atoms with Crippen LogP contribution in [0.15, 0.2) is 18.2 Å². The van der Waals surface area contributed by atoms with E-state index in [1.165, 1.54) is 63.1 Å². The number of benzene rings is 1. The Kier molecular flexibility index (Phi) is 11.0. The quantitative estimate of drug-likeness (QED) is 0.226. The summed E-state index contributed by atoms with van der Waals surface area (Å²) in [7, 11) is 0. The van der Waals surface area contributed by atoms with E-state index in [-0.39, 0.29) is 28.8 Å². The second-order valence-corrected chi connectivity index (χ2v) is 7.17. The number of hydrogen-bond acceptors (Lipinski definition) is 3. The van der Waals surface area contributed by atoms with Crippen molar-refractivity contribution in [1.82, 2.24) is 0 Å². The van der Waals surface area contributed by atoms with Crippen molar-refractivity contribution in [3.8, 4) is 11.5 Å². The van der Waals surface area contributed by atoms with Crippen molar-refractivity contribution >= 4 is 5.78 Å². The van der Waals surface area contributed by atoms with E-state index in [1.807, 2.05) is 0 Å². The molecule has 1 unspecified atom stereocenters. The number of Topliss-reactive ketones (excluding diaryl/α,β-unsaturated/α-hetero) is 1. The maximum Gasteiger partial charge on any atom is 0.169 e. The number of carbonyl (C=O) groups is 1. The third kappa shape index (κ3) is 8.42. The number of rotatable bonds is 14. The third-order valence-corrected chi connectivity index (χ3v) is 4.93. The molecule has 0 bridgehead atoms. The molecule has 25 heavy (non-hydrogen) atoms. The van der Waals surface area contributed by atoms with Gasteiger partial charge in [0.1, 0.15) is 11.5 Å². The second-order valence-electron chi connectivity index (χ2n) is 7.17. The number of ketones is 1. The van der Waals surface area contributed by atoms with E-state index in [1.54, 1.807) is 0 Å². The monoisotopic (exact) mass is 348 g/mol. The molecule has 0 saturated heterocycles. The summed E-state index contributed by atoms with van der Waals surface area (Å²) in [5.74, 6) is -0.0519. The predicted octanol–water partition coefficient (Wildman–Crippen LogP) is 6.62. The zero-order valence-corrected chi connectivity index (χ0v) is 16.1. The third-order valence-electron chi connectivity index (χ3n) is 4.93. The van der Waals surface area contributed by atoms with Crippen LogP contribution >= 0.6 is 0 Å². The minimum absolute atomic E-state index is 0.0153. The lowest BCUT2D eigenvalue weighted by Crippen LogP contribution is -2.15. The first kappa shape index (κ1) is 21.5. The molecular formula is C22H36O3. The zero-order chi connectivity index (χ0) is 18.5. The van der Waals surface area contributed by atoms with Gasteiger partial charge in [-0.1, -0.05) is 78.1 Å².